The summed E-state index contributed by atoms with van der Waals surface area (Å²) in [5, 5.41) is 0. The second-order valence-electron chi connectivity index (χ2n) is 5.02. The number of ether oxygens (including phenoxy) is 2. The van der Waals surface area contributed by atoms with Crippen molar-refractivity contribution in [3.8, 4) is 0 Å². The summed E-state index contributed by atoms with van der Waals surface area (Å²) in [5.41, 5.74) is 0. The van der Waals surface area contributed by atoms with Crippen LogP contribution in [0.1, 0.15) is 59.3 Å². The fraction of sp³-hybridized carbons (Fsp3) is 1.00. The van der Waals surface area contributed by atoms with Gasteiger partial charge < -0.3 is 9.47 Å². The molecular formula is C13H26O2. The highest BCUT2D eigenvalue weighted by molar-refractivity contribution is 4.77. The molecule has 2 heteroatoms. The van der Waals surface area contributed by atoms with Crippen molar-refractivity contribution >= 4 is 0 Å². The van der Waals surface area contributed by atoms with Gasteiger partial charge in [-0.15, -0.1) is 0 Å². The fourth-order valence-electron chi connectivity index (χ4n) is 2.24. The van der Waals surface area contributed by atoms with Gasteiger partial charge in [-0.1, -0.05) is 33.6 Å². The van der Waals surface area contributed by atoms with Crippen LogP contribution in [0.4, 0.5) is 0 Å². The van der Waals surface area contributed by atoms with Crippen LogP contribution in [0.25, 0.3) is 0 Å². The maximum Gasteiger partial charge on any atom is 0.168 e. The second-order valence-corrected chi connectivity index (χ2v) is 5.02. The molecule has 1 rings (SSSR count). The molecule has 0 aromatic rings. The van der Waals surface area contributed by atoms with Crippen LogP contribution >= 0.6 is 0 Å². The standard InChI is InChI=1S/C13H26O2/c1-4-5-6-9-14-13(11-12(2)3)8-7-10-15-13/h12H,4-11H2,1-3H3. The van der Waals surface area contributed by atoms with Gasteiger partial charge in [-0.2, -0.15) is 0 Å². The first-order chi connectivity index (χ1) is 7.18. The Hall–Kier alpha value is -0.0800. The van der Waals surface area contributed by atoms with Crippen molar-refractivity contribution in [2.45, 2.75) is 65.1 Å². The van der Waals surface area contributed by atoms with Crippen LogP contribution in [-0.4, -0.2) is 19.0 Å². The highest BCUT2D eigenvalue weighted by atomic mass is 16.7. The molecule has 90 valence electrons. The van der Waals surface area contributed by atoms with Crippen LogP contribution in [0.3, 0.4) is 0 Å². The Balaban J connectivity index is 2.29. The van der Waals surface area contributed by atoms with E-state index in [1.165, 1.54) is 19.3 Å². The molecule has 1 fully saturated rings. The van der Waals surface area contributed by atoms with E-state index in [1.807, 2.05) is 0 Å². The van der Waals surface area contributed by atoms with Crippen molar-refractivity contribution in [3.05, 3.63) is 0 Å². The third kappa shape index (κ3) is 4.52. The van der Waals surface area contributed by atoms with Crippen molar-refractivity contribution in [1.82, 2.24) is 0 Å². The summed E-state index contributed by atoms with van der Waals surface area (Å²) in [6, 6.07) is 0. The summed E-state index contributed by atoms with van der Waals surface area (Å²) in [6.45, 7) is 8.43. The average molecular weight is 214 g/mol. The summed E-state index contributed by atoms with van der Waals surface area (Å²) >= 11 is 0. The molecule has 1 unspecified atom stereocenters. The van der Waals surface area contributed by atoms with Gasteiger partial charge in [0.2, 0.25) is 0 Å². The lowest BCUT2D eigenvalue weighted by Crippen LogP contribution is -2.33. The molecule has 0 radical (unpaired) electrons. The summed E-state index contributed by atoms with van der Waals surface area (Å²) in [5.74, 6) is 0.413. The van der Waals surface area contributed by atoms with Gasteiger partial charge in [-0.25, -0.2) is 0 Å². The molecule has 2 nitrogen and oxygen atoms in total. The SMILES string of the molecule is CCCCCOC1(CC(C)C)CCCO1. The Morgan fingerprint density at radius 3 is 2.67 bits per heavy atom. The van der Waals surface area contributed by atoms with Crippen molar-refractivity contribution in [3.63, 3.8) is 0 Å². The van der Waals surface area contributed by atoms with Gasteiger partial charge in [-0.3, -0.25) is 0 Å². The Morgan fingerprint density at radius 2 is 2.13 bits per heavy atom. The quantitative estimate of drug-likeness (QED) is 0.601. The zero-order valence-corrected chi connectivity index (χ0v) is 10.6. The van der Waals surface area contributed by atoms with Crippen molar-refractivity contribution < 1.29 is 9.47 Å². The zero-order chi connectivity index (χ0) is 11.1. The van der Waals surface area contributed by atoms with Crippen LogP contribution < -0.4 is 0 Å². The van der Waals surface area contributed by atoms with Gasteiger partial charge in [0.1, 0.15) is 0 Å². The van der Waals surface area contributed by atoms with Crippen LogP contribution in [-0.2, 0) is 9.47 Å². The molecule has 1 saturated heterocycles. The van der Waals surface area contributed by atoms with Crippen LogP contribution in [0, 0.1) is 5.92 Å². The van der Waals surface area contributed by atoms with Crippen molar-refractivity contribution in [2.24, 2.45) is 5.92 Å². The van der Waals surface area contributed by atoms with Gasteiger partial charge in [0.05, 0.1) is 13.2 Å². The summed E-state index contributed by atoms with van der Waals surface area (Å²) in [7, 11) is 0. The molecule has 1 atom stereocenters. The third-order valence-electron chi connectivity index (χ3n) is 2.90. The number of rotatable bonds is 7. The molecule has 1 heterocycles. The molecule has 1 aliphatic heterocycles. The molecule has 0 amide bonds. The molecule has 0 saturated carbocycles. The minimum atomic E-state index is -0.234. The van der Waals surface area contributed by atoms with Crippen LogP contribution in [0.15, 0.2) is 0 Å². The molecule has 0 aromatic heterocycles. The number of hydrogen-bond acceptors (Lipinski definition) is 2. The van der Waals surface area contributed by atoms with Gasteiger partial charge in [0, 0.05) is 12.8 Å². The van der Waals surface area contributed by atoms with Crippen molar-refractivity contribution in [2.75, 3.05) is 13.2 Å². The Kier molecular flexibility index (Phi) is 5.62. The predicted octanol–water partition coefficient (Wildman–Crippen LogP) is 3.75. The normalized spacial score (nSPS) is 26.4. The number of hydrogen-bond donors (Lipinski definition) is 0. The third-order valence-corrected chi connectivity index (χ3v) is 2.90. The van der Waals surface area contributed by atoms with E-state index in [-0.39, 0.29) is 5.79 Å². The lowest BCUT2D eigenvalue weighted by atomic mass is 10.00. The van der Waals surface area contributed by atoms with E-state index >= 15 is 0 Å². The van der Waals surface area contributed by atoms with E-state index in [9.17, 15) is 0 Å². The zero-order valence-electron chi connectivity index (χ0n) is 10.6. The predicted molar refractivity (Wildman–Crippen MR) is 62.8 cm³/mol. The maximum absolute atomic E-state index is 5.98. The summed E-state index contributed by atoms with van der Waals surface area (Å²) < 4.78 is 11.8. The first kappa shape index (κ1) is 13.0. The highest BCUT2D eigenvalue weighted by Gasteiger charge is 2.36. The van der Waals surface area contributed by atoms with Crippen LogP contribution in [0.5, 0.6) is 0 Å². The second kappa shape index (κ2) is 6.49. The molecule has 0 spiro atoms. The lowest BCUT2D eigenvalue weighted by molar-refractivity contribution is -0.219. The van der Waals surface area contributed by atoms with E-state index in [0.717, 1.165) is 32.5 Å². The fourth-order valence-corrected chi connectivity index (χ4v) is 2.24. The Bertz CT molecular complexity index is 160. The molecule has 1 aliphatic rings. The largest absolute Gasteiger partial charge is 0.350 e. The molecule has 0 N–H and O–H groups in total. The minimum Gasteiger partial charge on any atom is -0.350 e. The Morgan fingerprint density at radius 1 is 1.33 bits per heavy atom. The smallest absolute Gasteiger partial charge is 0.168 e. The van der Waals surface area contributed by atoms with E-state index in [2.05, 4.69) is 20.8 Å². The van der Waals surface area contributed by atoms with Crippen LogP contribution in [0.2, 0.25) is 0 Å². The molecule has 0 aliphatic carbocycles. The lowest BCUT2D eigenvalue weighted by Gasteiger charge is -2.30. The van der Waals surface area contributed by atoms with E-state index in [0.29, 0.717) is 5.92 Å². The first-order valence-electron chi connectivity index (χ1n) is 6.46. The highest BCUT2D eigenvalue weighted by Crippen LogP contribution is 2.33. The van der Waals surface area contributed by atoms with E-state index in [4.69, 9.17) is 9.47 Å². The molecule has 0 bridgehead atoms. The minimum absolute atomic E-state index is 0.234. The monoisotopic (exact) mass is 214 g/mol. The molecular weight excluding hydrogens is 188 g/mol. The van der Waals surface area contributed by atoms with E-state index < -0.39 is 0 Å². The van der Waals surface area contributed by atoms with E-state index in [1.54, 1.807) is 0 Å². The topological polar surface area (TPSA) is 18.5 Å². The number of unbranched alkanes of at least 4 members (excludes halogenated alkanes) is 2. The van der Waals surface area contributed by atoms with Gasteiger partial charge in [0.25, 0.3) is 0 Å². The van der Waals surface area contributed by atoms with Crippen molar-refractivity contribution in [1.29, 1.82) is 0 Å². The summed E-state index contributed by atoms with van der Waals surface area (Å²) in [6.07, 6.45) is 6.95. The Labute approximate surface area is 94.3 Å². The summed E-state index contributed by atoms with van der Waals surface area (Å²) in [4.78, 5) is 0. The maximum atomic E-state index is 5.98. The molecule has 15 heavy (non-hydrogen) atoms. The molecule has 0 aromatic carbocycles. The van der Waals surface area contributed by atoms with Gasteiger partial charge in [-0.05, 0) is 18.8 Å². The first-order valence-corrected chi connectivity index (χ1v) is 6.46. The van der Waals surface area contributed by atoms with Gasteiger partial charge >= 0.3 is 0 Å². The van der Waals surface area contributed by atoms with Gasteiger partial charge in [0.15, 0.2) is 5.79 Å². The average Bonchev–Trinajstić information content (AvgIpc) is 2.61.